The zero-order valence-corrected chi connectivity index (χ0v) is 7.22. The Kier molecular flexibility index (Phi) is 5.43. The topological polar surface area (TPSA) is 92.7 Å². The lowest BCUT2D eigenvalue weighted by Crippen LogP contribution is -2.27. The van der Waals surface area contributed by atoms with E-state index in [0.29, 0.717) is 0 Å². The van der Waals surface area contributed by atoms with Gasteiger partial charge < -0.3 is 5.32 Å². The summed E-state index contributed by atoms with van der Waals surface area (Å²) in [6.45, 7) is 0.889. The van der Waals surface area contributed by atoms with Crippen molar-refractivity contribution < 1.29 is 22.5 Å². The molecule has 0 aromatic rings. The van der Waals surface area contributed by atoms with Crippen molar-refractivity contribution in [2.24, 2.45) is 0 Å². The Balaban J connectivity index is 3.44. The summed E-state index contributed by atoms with van der Waals surface area (Å²) in [4.78, 5) is 21.0. The number of hydrogen-bond donors (Lipinski definition) is 2. The quantitative estimate of drug-likeness (QED) is 0.340. The van der Waals surface area contributed by atoms with Crippen LogP contribution in [0.2, 0.25) is 0 Å². The van der Waals surface area contributed by atoms with Crippen molar-refractivity contribution in [3.8, 4) is 0 Å². The first-order valence-electron chi connectivity index (χ1n) is 3.02. The molecule has 1 amide bonds. The standard InChI is InChI=1S/C5H9NO5S/c1-4(7)2-5(8)6-3-11-12(9)10/h2-3H2,1H3,(H,6,8)(H,9,10). The summed E-state index contributed by atoms with van der Waals surface area (Å²) in [7, 11) is 0. The average molecular weight is 195 g/mol. The lowest BCUT2D eigenvalue weighted by atomic mass is 10.3. The summed E-state index contributed by atoms with van der Waals surface area (Å²) in [5.74, 6) is -0.814. The van der Waals surface area contributed by atoms with E-state index >= 15 is 0 Å². The second-order valence-corrected chi connectivity index (χ2v) is 2.63. The third kappa shape index (κ3) is 7.32. The molecule has 0 radical (unpaired) electrons. The predicted molar refractivity (Wildman–Crippen MR) is 40.2 cm³/mol. The second-order valence-electron chi connectivity index (χ2n) is 1.96. The first-order chi connectivity index (χ1) is 5.52. The Hall–Kier alpha value is -0.790. The van der Waals surface area contributed by atoms with Crippen LogP contribution >= 0.6 is 0 Å². The summed E-state index contributed by atoms with van der Waals surface area (Å²) in [5.41, 5.74) is 0. The Labute approximate surface area is 71.8 Å². The van der Waals surface area contributed by atoms with Gasteiger partial charge in [0, 0.05) is 0 Å². The SMILES string of the molecule is CC(=O)CC(=O)NCOS(=O)O. The van der Waals surface area contributed by atoms with Crippen LogP contribution in [0, 0.1) is 0 Å². The van der Waals surface area contributed by atoms with Crippen molar-refractivity contribution in [3.63, 3.8) is 0 Å². The zero-order chi connectivity index (χ0) is 9.56. The Morgan fingerprint density at radius 1 is 1.58 bits per heavy atom. The molecule has 0 aromatic carbocycles. The van der Waals surface area contributed by atoms with E-state index < -0.39 is 17.3 Å². The molecular weight excluding hydrogens is 186 g/mol. The van der Waals surface area contributed by atoms with E-state index in [4.69, 9.17) is 4.55 Å². The summed E-state index contributed by atoms with van der Waals surface area (Å²) in [6, 6.07) is 0. The zero-order valence-electron chi connectivity index (χ0n) is 6.40. The molecule has 0 rings (SSSR count). The van der Waals surface area contributed by atoms with Crippen LogP contribution in [-0.4, -0.2) is 27.2 Å². The molecule has 0 aliphatic carbocycles. The second kappa shape index (κ2) is 5.81. The average Bonchev–Trinajstić information content (AvgIpc) is 1.84. The minimum absolute atomic E-state index is 0.249. The highest BCUT2D eigenvalue weighted by Gasteiger charge is 2.03. The minimum atomic E-state index is -2.39. The van der Waals surface area contributed by atoms with Gasteiger partial charge in [-0.1, -0.05) is 0 Å². The normalized spacial score (nSPS) is 12.2. The maximum atomic E-state index is 10.6. The molecule has 70 valence electrons. The van der Waals surface area contributed by atoms with Gasteiger partial charge >= 0.3 is 11.4 Å². The predicted octanol–water partition coefficient (Wildman–Crippen LogP) is -0.807. The van der Waals surface area contributed by atoms with Crippen LogP contribution in [0.5, 0.6) is 0 Å². The van der Waals surface area contributed by atoms with Crippen molar-refractivity contribution in [1.82, 2.24) is 5.32 Å². The summed E-state index contributed by atoms with van der Waals surface area (Å²) >= 11 is -2.39. The molecule has 0 fully saturated rings. The van der Waals surface area contributed by atoms with Gasteiger partial charge in [-0.15, -0.1) is 0 Å². The molecule has 1 atom stereocenters. The summed E-state index contributed by atoms with van der Waals surface area (Å²) in [5, 5.41) is 2.11. The molecule has 0 heterocycles. The van der Waals surface area contributed by atoms with Gasteiger partial charge in [0.2, 0.25) is 5.91 Å². The van der Waals surface area contributed by atoms with E-state index in [1.54, 1.807) is 0 Å². The van der Waals surface area contributed by atoms with Gasteiger partial charge in [-0.3, -0.25) is 14.1 Å². The van der Waals surface area contributed by atoms with Crippen LogP contribution in [0.15, 0.2) is 0 Å². The van der Waals surface area contributed by atoms with Gasteiger partial charge in [-0.2, -0.15) is 4.21 Å². The highest BCUT2D eigenvalue weighted by atomic mass is 32.2. The Bertz CT molecular complexity index is 204. The Morgan fingerprint density at radius 3 is 2.58 bits per heavy atom. The molecule has 7 heteroatoms. The van der Waals surface area contributed by atoms with Gasteiger partial charge in [0.15, 0.2) is 0 Å². The van der Waals surface area contributed by atoms with Gasteiger partial charge in [0.1, 0.15) is 12.5 Å². The van der Waals surface area contributed by atoms with Crippen LogP contribution in [0.1, 0.15) is 13.3 Å². The molecule has 0 aliphatic rings. The van der Waals surface area contributed by atoms with Gasteiger partial charge in [0.05, 0.1) is 6.42 Å². The number of amides is 1. The van der Waals surface area contributed by atoms with Crippen LogP contribution in [-0.2, 0) is 25.1 Å². The molecule has 0 saturated carbocycles. The number of Topliss-reactive ketones (excluding diaryl/α,β-unsaturated/α-hetero) is 1. The maximum Gasteiger partial charge on any atom is 0.303 e. The molecule has 6 nitrogen and oxygen atoms in total. The lowest BCUT2D eigenvalue weighted by molar-refractivity contribution is -0.127. The molecule has 0 spiro atoms. The number of ketones is 1. The van der Waals surface area contributed by atoms with Crippen LogP contribution in [0.3, 0.4) is 0 Å². The summed E-state index contributed by atoms with van der Waals surface area (Å²) in [6.07, 6.45) is -0.249. The van der Waals surface area contributed by atoms with Gasteiger partial charge in [-0.05, 0) is 6.92 Å². The monoisotopic (exact) mass is 195 g/mol. The van der Waals surface area contributed by atoms with Gasteiger partial charge in [0.25, 0.3) is 0 Å². The lowest BCUT2D eigenvalue weighted by Gasteiger charge is -2.00. The van der Waals surface area contributed by atoms with Crippen molar-refractivity contribution in [2.45, 2.75) is 13.3 Å². The fraction of sp³-hybridized carbons (Fsp3) is 0.600. The third-order valence-corrected chi connectivity index (χ3v) is 1.16. The van der Waals surface area contributed by atoms with Crippen molar-refractivity contribution >= 4 is 23.1 Å². The number of carbonyl (C=O) groups excluding carboxylic acids is 2. The highest BCUT2D eigenvalue weighted by molar-refractivity contribution is 7.74. The molecule has 0 aromatic heterocycles. The van der Waals surface area contributed by atoms with E-state index in [9.17, 15) is 13.8 Å². The molecule has 12 heavy (non-hydrogen) atoms. The number of hydrogen-bond acceptors (Lipinski definition) is 4. The fourth-order valence-corrected chi connectivity index (χ4v) is 0.609. The largest absolute Gasteiger partial charge is 0.332 e. The van der Waals surface area contributed by atoms with Crippen LogP contribution in [0.4, 0.5) is 0 Å². The molecule has 2 N–H and O–H groups in total. The fourth-order valence-electron chi connectivity index (χ4n) is 0.449. The smallest absolute Gasteiger partial charge is 0.303 e. The van der Waals surface area contributed by atoms with E-state index in [0.717, 1.165) is 0 Å². The van der Waals surface area contributed by atoms with Gasteiger partial charge in [-0.25, -0.2) is 4.18 Å². The number of nitrogens with one attached hydrogen (secondary N) is 1. The molecule has 1 unspecified atom stereocenters. The van der Waals surface area contributed by atoms with E-state index in [-0.39, 0.29) is 18.9 Å². The molecule has 0 aliphatic heterocycles. The van der Waals surface area contributed by atoms with Crippen molar-refractivity contribution in [2.75, 3.05) is 6.73 Å². The molecule has 0 saturated heterocycles. The maximum absolute atomic E-state index is 10.6. The highest BCUT2D eigenvalue weighted by Crippen LogP contribution is 1.82. The first kappa shape index (κ1) is 11.2. The number of rotatable bonds is 5. The first-order valence-corrected chi connectivity index (χ1v) is 4.06. The van der Waals surface area contributed by atoms with E-state index in [2.05, 4.69) is 9.50 Å². The minimum Gasteiger partial charge on any atom is -0.332 e. The third-order valence-electron chi connectivity index (χ3n) is 0.839. The van der Waals surface area contributed by atoms with Crippen molar-refractivity contribution in [3.05, 3.63) is 0 Å². The molecular formula is C5H9NO5S. The van der Waals surface area contributed by atoms with E-state index in [1.807, 2.05) is 0 Å². The Morgan fingerprint density at radius 2 is 2.17 bits per heavy atom. The summed E-state index contributed by atoms with van der Waals surface area (Å²) < 4.78 is 22.0. The molecule has 0 bridgehead atoms. The van der Waals surface area contributed by atoms with Crippen molar-refractivity contribution in [1.29, 1.82) is 0 Å². The van der Waals surface area contributed by atoms with Crippen LogP contribution in [0.25, 0.3) is 0 Å². The van der Waals surface area contributed by atoms with E-state index in [1.165, 1.54) is 6.92 Å². The number of carbonyl (C=O) groups is 2. The van der Waals surface area contributed by atoms with Crippen LogP contribution < -0.4 is 5.32 Å².